The molecule has 0 bridgehead atoms. The number of aryl methyl sites for hydroxylation is 1. The third-order valence-electron chi connectivity index (χ3n) is 9.87. The first kappa shape index (κ1) is 46.0. The zero-order valence-corrected chi connectivity index (χ0v) is 35.0. The van der Waals surface area contributed by atoms with E-state index in [2.05, 4.69) is 0 Å². The zero-order valence-electron chi connectivity index (χ0n) is 35.0. The van der Waals surface area contributed by atoms with Crippen molar-refractivity contribution in [1.82, 2.24) is 0 Å². The number of benzene rings is 5. The summed E-state index contributed by atoms with van der Waals surface area (Å²) in [5.41, 5.74) is 2.53. The van der Waals surface area contributed by atoms with Crippen LogP contribution in [0.5, 0.6) is 28.7 Å². The number of hydrogen-bond acceptors (Lipinski definition) is 15. The molecule has 4 aromatic rings. The van der Waals surface area contributed by atoms with Crippen molar-refractivity contribution in [3.05, 3.63) is 116 Å². The predicted molar refractivity (Wildman–Crippen MR) is 232 cm³/mol. The lowest BCUT2D eigenvalue weighted by molar-refractivity contribution is -0.385. The maximum Gasteiger partial charge on any atom is 0.323 e. The van der Waals surface area contributed by atoms with Gasteiger partial charge >= 0.3 is 23.9 Å². The molecule has 2 aliphatic rings. The number of nitro benzene ring substituents is 1. The van der Waals surface area contributed by atoms with Gasteiger partial charge in [0.05, 0.1) is 42.1 Å². The van der Waals surface area contributed by atoms with Crippen LogP contribution in [0.2, 0.25) is 0 Å². The highest BCUT2D eigenvalue weighted by Crippen LogP contribution is 2.43. The Labute approximate surface area is 368 Å². The predicted octanol–water partition coefficient (Wildman–Crippen LogP) is 5.79. The number of carboxylic acid groups (broad SMARTS) is 4. The van der Waals surface area contributed by atoms with E-state index in [0.717, 1.165) is 32.6 Å². The van der Waals surface area contributed by atoms with Gasteiger partial charge in [0.15, 0.2) is 5.43 Å². The smallest absolute Gasteiger partial charge is 0.323 e. The molecule has 0 amide bonds. The molecule has 65 heavy (non-hydrogen) atoms. The minimum atomic E-state index is -1.42. The van der Waals surface area contributed by atoms with E-state index in [9.17, 15) is 54.5 Å². The average Bonchev–Trinajstić information content (AvgIpc) is 3.25. The second-order valence-corrected chi connectivity index (χ2v) is 14.3. The molecule has 4 N–H and O–H groups in total. The number of carbonyl (C=O) groups is 4. The number of carboxylic acids is 4. The van der Waals surface area contributed by atoms with Crippen LogP contribution >= 0.6 is 0 Å². The first-order chi connectivity index (χ1) is 31.0. The number of rotatable bonds is 22. The van der Waals surface area contributed by atoms with Gasteiger partial charge in [-0.3, -0.25) is 34.1 Å². The summed E-state index contributed by atoms with van der Waals surface area (Å²) in [5.74, 6) is -4.33. The summed E-state index contributed by atoms with van der Waals surface area (Å²) in [5, 5.41) is 51.5. The Kier molecular flexibility index (Phi) is 14.2. The normalized spacial score (nSPS) is 10.9. The summed E-state index contributed by atoms with van der Waals surface area (Å²) in [6, 6.07) is 21.4. The SMILES string of the molecule is COc1ccc(-c2c3ccc(=O)cc-3oc3cc(OCc4cc(N(CC(=O)O)CC(=O)O)c(OCCOc5cc(OC)ccc5N(CC(=O)O)CC(=O)O)cc4[N+](=O)[O-])ccc23)c(C)c1. The van der Waals surface area contributed by atoms with Gasteiger partial charge in [0.1, 0.15) is 86.1 Å². The van der Waals surface area contributed by atoms with Crippen molar-refractivity contribution in [3.63, 3.8) is 0 Å². The van der Waals surface area contributed by atoms with E-state index < -0.39 is 67.3 Å². The Morgan fingerprint density at radius 3 is 1.78 bits per heavy atom. The molecule has 0 saturated carbocycles. The van der Waals surface area contributed by atoms with Gasteiger partial charge in [0, 0.05) is 34.7 Å². The van der Waals surface area contributed by atoms with Gasteiger partial charge in [-0.2, -0.15) is 0 Å². The Hall–Kier alpha value is -8.55. The molecule has 0 atom stereocenters. The Balaban J connectivity index is 1.33. The van der Waals surface area contributed by atoms with Crippen molar-refractivity contribution in [2.75, 3.05) is 63.4 Å². The number of hydrogen-bond donors (Lipinski definition) is 4. The molecule has 0 spiro atoms. The standard InChI is InChI=1S/C45H41N3O17/c1-25-14-28(60-2)5-9-31(25)45-32-8-4-27(49)16-37(32)65-38-18-30(6-10-33(38)45)64-24-26-15-36(47(22-43(54)55)23-44(56)57)40(19-35(26)48(58)59)63-13-12-62-39-17-29(61-3)7-11-34(39)46(20-41(50)51)21-42(52)53/h4-11,14-19H,12-13,20-24H2,1-3H3,(H,50,51)(H,52,53)(H,54,55)(H,56,57). The van der Waals surface area contributed by atoms with E-state index in [4.69, 9.17) is 28.1 Å². The van der Waals surface area contributed by atoms with Crippen LogP contribution in [0.25, 0.3) is 33.4 Å². The molecule has 20 heteroatoms. The Morgan fingerprint density at radius 2 is 1.20 bits per heavy atom. The molecule has 0 fully saturated rings. The van der Waals surface area contributed by atoms with E-state index in [1.807, 2.05) is 25.1 Å². The topological polar surface area (TPSA) is 275 Å². The summed E-state index contributed by atoms with van der Waals surface area (Å²) < 4.78 is 34.6. The molecule has 1 heterocycles. The summed E-state index contributed by atoms with van der Waals surface area (Å²) in [4.78, 5) is 73.2. The quantitative estimate of drug-likeness (QED) is 0.0272. The summed E-state index contributed by atoms with van der Waals surface area (Å²) in [6.45, 7) is -2.37. The maximum atomic E-state index is 12.5. The third kappa shape index (κ3) is 11.1. The van der Waals surface area contributed by atoms with Gasteiger partial charge in [-0.1, -0.05) is 6.07 Å². The second-order valence-electron chi connectivity index (χ2n) is 14.3. The minimum Gasteiger partial charge on any atom is -0.497 e. The van der Waals surface area contributed by atoms with Gasteiger partial charge in [-0.05, 0) is 72.6 Å². The van der Waals surface area contributed by atoms with Crippen LogP contribution in [0.15, 0.2) is 94.1 Å². The molecule has 338 valence electrons. The highest BCUT2D eigenvalue weighted by molar-refractivity contribution is 6.03. The van der Waals surface area contributed by atoms with Crippen molar-refractivity contribution in [1.29, 1.82) is 0 Å². The fraction of sp³-hybridized carbons (Fsp3) is 0.222. The third-order valence-corrected chi connectivity index (χ3v) is 9.87. The van der Waals surface area contributed by atoms with Gasteiger partial charge < -0.3 is 58.3 Å². The molecular formula is C45H41N3O17. The van der Waals surface area contributed by atoms with Crippen LogP contribution in [0.3, 0.4) is 0 Å². The van der Waals surface area contributed by atoms with Crippen LogP contribution in [0.1, 0.15) is 11.1 Å². The van der Waals surface area contributed by atoms with Crippen molar-refractivity contribution < 1.29 is 72.6 Å². The summed E-state index contributed by atoms with van der Waals surface area (Å²) in [7, 11) is 2.92. The highest BCUT2D eigenvalue weighted by atomic mass is 16.6. The molecule has 0 saturated heterocycles. The number of nitro groups is 1. The lowest BCUT2D eigenvalue weighted by atomic mass is 9.91. The second kappa shape index (κ2) is 20.1. The van der Waals surface area contributed by atoms with Crippen LogP contribution in [0.4, 0.5) is 17.1 Å². The van der Waals surface area contributed by atoms with Gasteiger partial charge in [0.25, 0.3) is 5.69 Å². The Morgan fingerprint density at radius 1 is 0.646 bits per heavy atom. The molecule has 0 radical (unpaired) electrons. The molecule has 1 aliphatic heterocycles. The maximum absolute atomic E-state index is 12.5. The fourth-order valence-electron chi connectivity index (χ4n) is 7.09. The first-order valence-corrected chi connectivity index (χ1v) is 19.5. The van der Waals surface area contributed by atoms with Crippen molar-refractivity contribution in [3.8, 4) is 51.2 Å². The number of aliphatic carboxylic acids is 4. The van der Waals surface area contributed by atoms with Crippen LogP contribution < -0.4 is 38.9 Å². The number of nitrogens with zero attached hydrogens (tertiary/aromatic N) is 3. The summed E-state index contributed by atoms with van der Waals surface area (Å²) >= 11 is 0. The monoisotopic (exact) mass is 895 g/mol. The average molecular weight is 896 g/mol. The molecule has 0 aromatic heterocycles. The number of ether oxygens (including phenoxy) is 5. The van der Waals surface area contributed by atoms with Crippen molar-refractivity contribution in [2.45, 2.75) is 13.5 Å². The molecular weight excluding hydrogens is 854 g/mol. The molecule has 20 nitrogen and oxygen atoms in total. The number of anilines is 2. The van der Waals surface area contributed by atoms with Gasteiger partial charge in [0.2, 0.25) is 0 Å². The van der Waals surface area contributed by atoms with Gasteiger partial charge in [-0.25, -0.2) is 0 Å². The van der Waals surface area contributed by atoms with E-state index in [1.54, 1.807) is 31.4 Å². The van der Waals surface area contributed by atoms with Crippen molar-refractivity contribution in [2.24, 2.45) is 0 Å². The van der Waals surface area contributed by atoms with Crippen LogP contribution in [-0.2, 0) is 25.8 Å². The summed E-state index contributed by atoms with van der Waals surface area (Å²) in [6.07, 6.45) is 0. The molecule has 0 unspecified atom stereocenters. The Bertz CT molecular complexity index is 2790. The molecule has 1 aliphatic carbocycles. The fourth-order valence-corrected chi connectivity index (χ4v) is 7.09. The zero-order chi connectivity index (χ0) is 46.9. The lowest BCUT2D eigenvalue weighted by Crippen LogP contribution is -2.35. The van der Waals surface area contributed by atoms with E-state index in [1.165, 1.54) is 43.5 Å². The molecule has 4 aromatic carbocycles. The van der Waals surface area contributed by atoms with Crippen LogP contribution in [-0.4, -0.2) is 103 Å². The van der Waals surface area contributed by atoms with Crippen molar-refractivity contribution >= 4 is 51.9 Å². The first-order valence-electron chi connectivity index (χ1n) is 19.5. The lowest BCUT2D eigenvalue weighted by Gasteiger charge is -2.25. The largest absolute Gasteiger partial charge is 0.497 e. The van der Waals surface area contributed by atoms with Gasteiger partial charge in [-0.15, -0.1) is 0 Å². The van der Waals surface area contributed by atoms with E-state index in [0.29, 0.717) is 28.0 Å². The van der Waals surface area contributed by atoms with E-state index in [-0.39, 0.29) is 58.6 Å². The number of fused-ring (bicyclic) bond motifs is 2. The molecule has 6 rings (SSSR count). The minimum absolute atomic E-state index is 0.00411. The number of methoxy groups -OCH3 is 2. The van der Waals surface area contributed by atoms with E-state index >= 15 is 0 Å². The highest BCUT2D eigenvalue weighted by Gasteiger charge is 2.27. The van der Waals surface area contributed by atoms with Crippen LogP contribution in [0, 0.1) is 17.0 Å².